The maximum atomic E-state index is 10.2. The lowest BCUT2D eigenvalue weighted by molar-refractivity contribution is -0.137. The topological polar surface area (TPSA) is 58.6 Å². The number of hydrogen-bond donors (Lipinski definition) is 2. The predicted octanol–water partition coefficient (Wildman–Crippen LogP) is 0.620. The zero-order chi connectivity index (χ0) is 9.52. The maximum Gasteiger partial charge on any atom is 0.303 e. The molecule has 0 aliphatic carbocycles. The molecule has 0 aromatic rings. The molecule has 4 nitrogen and oxygen atoms in total. The summed E-state index contributed by atoms with van der Waals surface area (Å²) in [5.41, 5.74) is 0. The second kappa shape index (κ2) is 5.94. The van der Waals surface area contributed by atoms with Crippen LogP contribution in [0.2, 0.25) is 0 Å². The molecule has 76 valence electrons. The highest BCUT2D eigenvalue weighted by atomic mass is 16.5. The Hall–Kier alpha value is -0.610. The molecular weight excluding hydrogens is 170 g/mol. The summed E-state index contributed by atoms with van der Waals surface area (Å²) in [5, 5.41) is 11.6. The van der Waals surface area contributed by atoms with Gasteiger partial charge in [-0.15, -0.1) is 0 Å². The van der Waals surface area contributed by atoms with Crippen molar-refractivity contribution in [1.82, 2.24) is 5.32 Å². The zero-order valence-corrected chi connectivity index (χ0v) is 7.79. The van der Waals surface area contributed by atoms with Crippen LogP contribution in [-0.4, -0.2) is 36.9 Å². The Balaban J connectivity index is 1.95. The number of carbonyl (C=O) groups is 1. The third-order valence-electron chi connectivity index (χ3n) is 2.17. The Kier molecular flexibility index (Phi) is 4.78. The molecule has 0 aromatic carbocycles. The van der Waals surface area contributed by atoms with Crippen LogP contribution in [0.3, 0.4) is 0 Å². The lowest BCUT2D eigenvalue weighted by atomic mass is 10.1. The summed E-state index contributed by atoms with van der Waals surface area (Å²) in [6, 6.07) is 0. The minimum absolute atomic E-state index is 0.213. The van der Waals surface area contributed by atoms with Gasteiger partial charge in [-0.05, 0) is 32.4 Å². The van der Waals surface area contributed by atoms with Gasteiger partial charge in [0, 0.05) is 13.0 Å². The standard InChI is InChI=1S/C9H17NO3/c11-9(12)2-1-7-13-8-3-5-10-6-4-8/h8,10H,1-7H2,(H,11,12). The van der Waals surface area contributed by atoms with Gasteiger partial charge in [0.1, 0.15) is 0 Å². The summed E-state index contributed by atoms with van der Waals surface area (Å²) in [4.78, 5) is 10.2. The van der Waals surface area contributed by atoms with Crippen molar-refractivity contribution in [2.24, 2.45) is 0 Å². The third kappa shape index (κ3) is 4.85. The van der Waals surface area contributed by atoms with E-state index in [1.165, 1.54) is 0 Å². The predicted molar refractivity (Wildman–Crippen MR) is 48.7 cm³/mol. The second-order valence-corrected chi connectivity index (χ2v) is 3.32. The van der Waals surface area contributed by atoms with Gasteiger partial charge < -0.3 is 15.2 Å². The smallest absolute Gasteiger partial charge is 0.303 e. The van der Waals surface area contributed by atoms with Crippen LogP contribution in [-0.2, 0) is 9.53 Å². The Morgan fingerprint density at radius 2 is 2.15 bits per heavy atom. The molecule has 0 aromatic heterocycles. The third-order valence-corrected chi connectivity index (χ3v) is 2.17. The fraction of sp³-hybridized carbons (Fsp3) is 0.889. The monoisotopic (exact) mass is 187 g/mol. The molecule has 0 amide bonds. The molecule has 13 heavy (non-hydrogen) atoms. The lowest BCUT2D eigenvalue weighted by Crippen LogP contribution is -2.32. The van der Waals surface area contributed by atoms with E-state index >= 15 is 0 Å². The van der Waals surface area contributed by atoms with Gasteiger partial charge in [0.25, 0.3) is 0 Å². The van der Waals surface area contributed by atoms with Crippen molar-refractivity contribution in [3.8, 4) is 0 Å². The van der Waals surface area contributed by atoms with Crippen molar-refractivity contribution in [2.75, 3.05) is 19.7 Å². The molecule has 0 radical (unpaired) electrons. The molecule has 0 unspecified atom stereocenters. The van der Waals surface area contributed by atoms with Gasteiger partial charge in [-0.1, -0.05) is 0 Å². The molecule has 4 heteroatoms. The van der Waals surface area contributed by atoms with Gasteiger partial charge in [-0.3, -0.25) is 4.79 Å². The summed E-state index contributed by atoms with van der Waals surface area (Å²) >= 11 is 0. The molecule has 1 fully saturated rings. The van der Waals surface area contributed by atoms with E-state index in [1.807, 2.05) is 0 Å². The van der Waals surface area contributed by atoms with Crippen LogP contribution in [0, 0.1) is 0 Å². The molecule has 1 aliphatic heterocycles. The summed E-state index contributed by atoms with van der Waals surface area (Å²) in [5.74, 6) is -0.742. The number of ether oxygens (including phenoxy) is 1. The number of rotatable bonds is 5. The maximum absolute atomic E-state index is 10.2. The fourth-order valence-electron chi connectivity index (χ4n) is 1.44. The largest absolute Gasteiger partial charge is 0.481 e. The van der Waals surface area contributed by atoms with E-state index in [-0.39, 0.29) is 6.42 Å². The van der Waals surface area contributed by atoms with Crippen molar-refractivity contribution < 1.29 is 14.6 Å². The Morgan fingerprint density at radius 1 is 1.46 bits per heavy atom. The first-order valence-corrected chi connectivity index (χ1v) is 4.83. The average Bonchev–Trinajstić information content (AvgIpc) is 2.14. The molecule has 1 heterocycles. The fourth-order valence-corrected chi connectivity index (χ4v) is 1.44. The van der Waals surface area contributed by atoms with Gasteiger partial charge >= 0.3 is 5.97 Å². The minimum atomic E-state index is -0.742. The number of piperidine rings is 1. The molecule has 1 rings (SSSR count). The summed E-state index contributed by atoms with van der Waals surface area (Å²) in [6.45, 7) is 2.62. The van der Waals surface area contributed by atoms with Crippen LogP contribution < -0.4 is 5.32 Å². The highest BCUT2D eigenvalue weighted by molar-refractivity contribution is 5.66. The molecule has 1 aliphatic rings. The van der Waals surface area contributed by atoms with Gasteiger partial charge in [-0.2, -0.15) is 0 Å². The van der Waals surface area contributed by atoms with E-state index in [0.29, 0.717) is 19.1 Å². The molecule has 0 atom stereocenters. The van der Waals surface area contributed by atoms with Crippen molar-refractivity contribution in [3.05, 3.63) is 0 Å². The van der Waals surface area contributed by atoms with Crippen molar-refractivity contribution in [3.63, 3.8) is 0 Å². The van der Waals surface area contributed by atoms with Crippen LogP contribution >= 0.6 is 0 Å². The van der Waals surface area contributed by atoms with Crippen LogP contribution in [0.25, 0.3) is 0 Å². The van der Waals surface area contributed by atoms with E-state index in [2.05, 4.69) is 5.32 Å². The summed E-state index contributed by atoms with van der Waals surface area (Å²) in [7, 11) is 0. The van der Waals surface area contributed by atoms with Gasteiger partial charge in [0.05, 0.1) is 6.10 Å². The summed E-state index contributed by atoms with van der Waals surface area (Å²) in [6.07, 6.45) is 3.28. The zero-order valence-electron chi connectivity index (χ0n) is 7.79. The van der Waals surface area contributed by atoms with Crippen LogP contribution in [0.1, 0.15) is 25.7 Å². The Bertz CT molecular complexity index is 155. The van der Waals surface area contributed by atoms with Gasteiger partial charge in [0.15, 0.2) is 0 Å². The molecule has 0 spiro atoms. The normalized spacial score (nSPS) is 18.8. The van der Waals surface area contributed by atoms with E-state index in [1.54, 1.807) is 0 Å². The van der Waals surface area contributed by atoms with E-state index in [9.17, 15) is 4.79 Å². The highest BCUT2D eigenvalue weighted by Crippen LogP contribution is 2.07. The molecule has 0 saturated carbocycles. The van der Waals surface area contributed by atoms with Crippen LogP contribution in [0.4, 0.5) is 0 Å². The second-order valence-electron chi connectivity index (χ2n) is 3.32. The quantitative estimate of drug-likeness (QED) is 0.619. The van der Waals surface area contributed by atoms with Crippen molar-refractivity contribution in [1.29, 1.82) is 0 Å². The number of hydrogen-bond acceptors (Lipinski definition) is 3. The van der Waals surface area contributed by atoms with E-state index in [0.717, 1.165) is 25.9 Å². The first kappa shape index (κ1) is 10.5. The molecule has 0 bridgehead atoms. The molecular formula is C9H17NO3. The first-order chi connectivity index (χ1) is 6.29. The number of aliphatic carboxylic acids is 1. The molecule has 1 saturated heterocycles. The number of nitrogens with one attached hydrogen (secondary N) is 1. The first-order valence-electron chi connectivity index (χ1n) is 4.83. The number of carboxylic acids is 1. The van der Waals surface area contributed by atoms with Gasteiger partial charge in [-0.25, -0.2) is 0 Å². The van der Waals surface area contributed by atoms with Crippen molar-refractivity contribution >= 4 is 5.97 Å². The van der Waals surface area contributed by atoms with Crippen molar-refractivity contribution in [2.45, 2.75) is 31.8 Å². The highest BCUT2D eigenvalue weighted by Gasteiger charge is 2.12. The SMILES string of the molecule is O=C(O)CCCOC1CCNCC1. The Morgan fingerprint density at radius 3 is 2.77 bits per heavy atom. The van der Waals surface area contributed by atoms with Gasteiger partial charge in [0.2, 0.25) is 0 Å². The Labute approximate surface area is 78.3 Å². The number of carboxylic acid groups (broad SMARTS) is 1. The van der Waals surface area contributed by atoms with E-state index in [4.69, 9.17) is 9.84 Å². The van der Waals surface area contributed by atoms with Crippen LogP contribution in [0.15, 0.2) is 0 Å². The molecule has 2 N–H and O–H groups in total. The van der Waals surface area contributed by atoms with Crippen LogP contribution in [0.5, 0.6) is 0 Å². The summed E-state index contributed by atoms with van der Waals surface area (Å²) < 4.78 is 5.53. The lowest BCUT2D eigenvalue weighted by Gasteiger charge is -2.22. The average molecular weight is 187 g/mol. The minimum Gasteiger partial charge on any atom is -0.481 e. The van der Waals surface area contributed by atoms with E-state index < -0.39 is 5.97 Å².